The summed E-state index contributed by atoms with van der Waals surface area (Å²) in [6.45, 7) is 1.08. The van der Waals surface area contributed by atoms with Crippen LogP contribution in [0.4, 0.5) is 17.3 Å². The van der Waals surface area contributed by atoms with Crippen LogP contribution in [0.1, 0.15) is 23.2 Å². The molecular weight excluding hydrogens is 384 g/mol. The second kappa shape index (κ2) is 8.24. The van der Waals surface area contributed by atoms with Crippen molar-refractivity contribution in [3.8, 4) is 0 Å². The number of benzene rings is 2. The highest BCUT2D eigenvalue weighted by molar-refractivity contribution is 6.07. The number of nitrogen functional groups attached to an aromatic ring is 1. The zero-order chi connectivity index (χ0) is 21.1. The van der Waals surface area contributed by atoms with Crippen LogP contribution in [0.2, 0.25) is 0 Å². The number of hydrogen-bond acceptors (Lipinski definition) is 7. The van der Waals surface area contributed by atoms with E-state index in [-0.39, 0.29) is 17.6 Å². The fraction of sp³-hybridized carbons (Fsp3) is 0.238. The minimum atomic E-state index is -0.774. The van der Waals surface area contributed by atoms with Gasteiger partial charge in [-0.15, -0.1) is 0 Å². The Kier molecular flexibility index (Phi) is 5.34. The smallest absolute Gasteiger partial charge is 0.306 e. The summed E-state index contributed by atoms with van der Waals surface area (Å²) in [7, 11) is 0. The minimum Gasteiger partial charge on any atom is -0.481 e. The lowest BCUT2D eigenvalue weighted by atomic mass is 9.97. The number of hydrazine groups is 1. The topological polar surface area (TPSA) is 133 Å². The maximum atomic E-state index is 12.7. The number of hydrogen-bond donors (Lipinski definition) is 4. The molecule has 0 saturated carbocycles. The molecule has 0 atom stereocenters. The lowest BCUT2D eigenvalue weighted by molar-refractivity contribution is -0.142. The van der Waals surface area contributed by atoms with Gasteiger partial charge in [-0.3, -0.25) is 20.4 Å². The predicted molar refractivity (Wildman–Crippen MR) is 114 cm³/mol. The summed E-state index contributed by atoms with van der Waals surface area (Å²) in [5.41, 5.74) is 12.5. The van der Waals surface area contributed by atoms with Gasteiger partial charge in [0.1, 0.15) is 12.0 Å². The van der Waals surface area contributed by atoms with E-state index in [0.717, 1.165) is 10.8 Å². The Bertz CT molecular complexity index is 1090. The standard InChI is InChI=1S/C21H22N6O3/c22-17-18(23-12-24-19(17)27-10-8-14(9-11-27)21(29)30)25-26-20(28)16-7-3-5-13-4-1-2-6-15(13)16/h1-7,12,14H,8-11,22H2,(H,26,28)(H,29,30)(H,23,24,25). The quantitative estimate of drug-likeness (QED) is 0.474. The van der Waals surface area contributed by atoms with Crippen LogP contribution in [0.15, 0.2) is 48.8 Å². The molecule has 1 aromatic heterocycles. The molecule has 3 aromatic rings. The summed E-state index contributed by atoms with van der Waals surface area (Å²) in [6, 6.07) is 13.2. The van der Waals surface area contributed by atoms with E-state index in [4.69, 9.17) is 10.8 Å². The Morgan fingerprint density at radius 2 is 1.80 bits per heavy atom. The molecule has 9 heteroatoms. The fourth-order valence-electron chi connectivity index (χ4n) is 3.68. The van der Waals surface area contributed by atoms with Crippen molar-refractivity contribution in [1.82, 2.24) is 15.4 Å². The van der Waals surface area contributed by atoms with Crippen molar-refractivity contribution in [1.29, 1.82) is 0 Å². The Labute approximate surface area is 172 Å². The molecule has 0 aliphatic carbocycles. The van der Waals surface area contributed by atoms with Crippen molar-refractivity contribution < 1.29 is 14.7 Å². The van der Waals surface area contributed by atoms with Crippen LogP contribution in [0.3, 0.4) is 0 Å². The van der Waals surface area contributed by atoms with Gasteiger partial charge in [-0.1, -0.05) is 36.4 Å². The summed E-state index contributed by atoms with van der Waals surface area (Å²) < 4.78 is 0. The third kappa shape index (κ3) is 3.82. The van der Waals surface area contributed by atoms with Crippen molar-refractivity contribution in [3.05, 3.63) is 54.4 Å². The fourth-order valence-corrected chi connectivity index (χ4v) is 3.68. The molecule has 0 radical (unpaired) electrons. The second-order valence-electron chi connectivity index (χ2n) is 7.16. The summed E-state index contributed by atoms with van der Waals surface area (Å²) in [5.74, 6) is -0.621. The van der Waals surface area contributed by atoms with Gasteiger partial charge >= 0.3 is 5.97 Å². The van der Waals surface area contributed by atoms with Gasteiger partial charge < -0.3 is 15.7 Å². The van der Waals surface area contributed by atoms with Gasteiger partial charge in [-0.25, -0.2) is 9.97 Å². The molecular formula is C21H22N6O3. The van der Waals surface area contributed by atoms with E-state index in [2.05, 4.69) is 20.8 Å². The highest BCUT2D eigenvalue weighted by atomic mass is 16.4. The number of fused-ring (bicyclic) bond motifs is 1. The SMILES string of the molecule is Nc1c(NNC(=O)c2cccc3ccccc23)ncnc1N1CCC(C(=O)O)CC1. The van der Waals surface area contributed by atoms with E-state index in [9.17, 15) is 9.59 Å². The first-order valence-electron chi connectivity index (χ1n) is 9.67. The molecule has 1 amide bonds. The van der Waals surface area contributed by atoms with Crippen LogP contribution in [-0.2, 0) is 4.79 Å². The van der Waals surface area contributed by atoms with Gasteiger partial charge in [0.05, 0.1) is 5.92 Å². The number of anilines is 3. The largest absolute Gasteiger partial charge is 0.481 e. The molecule has 4 rings (SSSR count). The third-order valence-corrected chi connectivity index (χ3v) is 5.34. The predicted octanol–water partition coefficient (Wildman–Crippen LogP) is 2.27. The van der Waals surface area contributed by atoms with Crippen LogP contribution >= 0.6 is 0 Å². The number of carbonyl (C=O) groups is 2. The molecule has 1 fully saturated rings. The number of carboxylic acids is 1. The molecule has 2 heterocycles. The number of nitrogens with one attached hydrogen (secondary N) is 2. The lowest BCUT2D eigenvalue weighted by Gasteiger charge is -2.31. The molecule has 2 aromatic carbocycles. The van der Waals surface area contributed by atoms with E-state index >= 15 is 0 Å². The van der Waals surface area contributed by atoms with E-state index in [1.54, 1.807) is 6.07 Å². The zero-order valence-electron chi connectivity index (χ0n) is 16.2. The Morgan fingerprint density at radius 1 is 1.07 bits per heavy atom. The van der Waals surface area contributed by atoms with Gasteiger partial charge in [0.15, 0.2) is 11.6 Å². The summed E-state index contributed by atoms with van der Waals surface area (Å²) in [5, 5.41) is 11.0. The average Bonchev–Trinajstić information content (AvgIpc) is 2.78. The van der Waals surface area contributed by atoms with Gasteiger partial charge in [0.25, 0.3) is 5.91 Å². The van der Waals surface area contributed by atoms with Gasteiger partial charge in [0.2, 0.25) is 0 Å². The van der Waals surface area contributed by atoms with Gasteiger partial charge in [0, 0.05) is 18.7 Å². The number of carbonyl (C=O) groups excluding carboxylic acids is 1. The highest BCUT2D eigenvalue weighted by Gasteiger charge is 2.26. The van der Waals surface area contributed by atoms with Crippen molar-refractivity contribution in [2.45, 2.75) is 12.8 Å². The number of aromatic nitrogens is 2. The number of nitrogens with zero attached hydrogens (tertiary/aromatic N) is 3. The van der Waals surface area contributed by atoms with Gasteiger partial charge in [-0.05, 0) is 29.7 Å². The molecule has 0 bridgehead atoms. The van der Waals surface area contributed by atoms with E-state index in [1.807, 2.05) is 41.3 Å². The van der Waals surface area contributed by atoms with Gasteiger partial charge in [-0.2, -0.15) is 0 Å². The first kappa shape index (κ1) is 19.4. The number of rotatable bonds is 5. The summed E-state index contributed by atoms with van der Waals surface area (Å²) >= 11 is 0. The van der Waals surface area contributed by atoms with Crippen LogP contribution in [-0.4, -0.2) is 40.0 Å². The third-order valence-electron chi connectivity index (χ3n) is 5.34. The van der Waals surface area contributed by atoms with Crippen LogP contribution in [0, 0.1) is 5.92 Å². The van der Waals surface area contributed by atoms with Crippen LogP contribution in [0.5, 0.6) is 0 Å². The molecule has 9 nitrogen and oxygen atoms in total. The van der Waals surface area contributed by atoms with E-state index in [0.29, 0.717) is 43.0 Å². The van der Waals surface area contributed by atoms with Crippen LogP contribution in [0.25, 0.3) is 10.8 Å². The maximum absolute atomic E-state index is 12.7. The van der Waals surface area contributed by atoms with Crippen molar-refractivity contribution in [2.75, 3.05) is 29.1 Å². The molecule has 1 saturated heterocycles. The monoisotopic (exact) mass is 406 g/mol. The van der Waals surface area contributed by atoms with Crippen LogP contribution < -0.4 is 21.5 Å². The molecule has 1 aliphatic heterocycles. The number of amides is 1. The maximum Gasteiger partial charge on any atom is 0.306 e. The van der Waals surface area contributed by atoms with Crippen molar-refractivity contribution in [2.24, 2.45) is 5.92 Å². The van der Waals surface area contributed by atoms with E-state index in [1.165, 1.54) is 6.33 Å². The molecule has 0 spiro atoms. The number of carboxylic acid groups (broad SMARTS) is 1. The minimum absolute atomic E-state index is 0.286. The Balaban J connectivity index is 1.47. The summed E-state index contributed by atoms with van der Waals surface area (Å²) in [4.78, 5) is 34.2. The van der Waals surface area contributed by atoms with E-state index < -0.39 is 5.97 Å². The highest BCUT2D eigenvalue weighted by Crippen LogP contribution is 2.29. The first-order chi connectivity index (χ1) is 14.5. The molecule has 0 unspecified atom stereocenters. The lowest BCUT2D eigenvalue weighted by Crippen LogP contribution is -2.37. The molecule has 1 aliphatic rings. The number of nitrogens with two attached hydrogens (primary N) is 1. The second-order valence-corrected chi connectivity index (χ2v) is 7.16. The average molecular weight is 406 g/mol. The number of aliphatic carboxylic acids is 1. The first-order valence-corrected chi connectivity index (χ1v) is 9.67. The summed E-state index contributed by atoms with van der Waals surface area (Å²) in [6.07, 6.45) is 2.42. The zero-order valence-corrected chi connectivity index (χ0v) is 16.2. The Morgan fingerprint density at radius 3 is 2.57 bits per heavy atom. The van der Waals surface area contributed by atoms with Crippen molar-refractivity contribution >= 4 is 40.0 Å². The number of piperidine rings is 1. The Hall–Kier alpha value is -3.88. The molecule has 5 N–H and O–H groups in total. The molecule has 154 valence electrons. The van der Waals surface area contributed by atoms with Crippen molar-refractivity contribution in [3.63, 3.8) is 0 Å². The normalized spacial score (nSPS) is 14.5. The molecule has 30 heavy (non-hydrogen) atoms.